The maximum absolute atomic E-state index is 13.0. The van der Waals surface area contributed by atoms with E-state index in [0.29, 0.717) is 21.8 Å². The van der Waals surface area contributed by atoms with Crippen LogP contribution in [0.15, 0.2) is 89.9 Å². The Kier molecular flexibility index (Phi) is 5.45. The van der Waals surface area contributed by atoms with Crippen LogP contribution >= 0.6 is 11.6 Å². The molecule has 2 aromatic heterocycles. The molecule has 5 aromatic rings. The van der Waals surface area contributed by atoms with Crippen LogP contribution in [0.1, 0.15) is 11.1 Å². The van der Waals surface area contributed by atoms with Crippen LogP contribution in [0.25, 0.3) is 27.9 Å². The summed E-state index contributed by atoms with van der Waals surface area (Å²) >= 11 is 6.08. The van der Waals surface area contributed by atoms with Crippen molar-refractivity contribution in [1.82, 2.24) is 19.4 Å². The molecule has 0 aliphatic rings. The molecule has 0 radical (unpaired) electrons. The third kappa shape index (κ3) is 4.08. The SMILES string of the molecule is O=c1n(Cc2ccc(C(F)(F)F)cc2)nc2c(-c3ccc(Cl)cc3)c(-c3ccccc3)cnn12. The predicted octanol–water partition coefficient (Wildman–Crippen LogP) is 5.95. The Bertz CT molecular complexity index is 1520. The second-order valence-corrected chi connectivity index (χ2v) is 8.11. The summed E-state index contributed by atoms with van der Waals surface area (Å²) in [5, 5.41) is 9.40. The number of rotatable bonds is 4. The van der Waals surface area contributed by atoms with E-state index in [2.05, 4.69) is 10.2 Å². The molecule has 0 spiro atoms. The molecule has 34 heavy (non-hydrogen) atoms. The van der Waals surface area contributed by atoms with Gasteiger partial charge in [-0.25, -0.2) is 9.48 Å². The molecular weight excluding hydrogens is 465 g/mol. The maximum Gasteiger partial charge on any atom is 0.416 e. The van der Waals surface area contributed by atoms with E-state index in [9.17, 15) is 18.0 Å². The fourth-order valence-electron chi connectivity index (χ4n) is 3.77. The Morgan fingerprint density at radius 2 is 1.53 bits per heavy atom. The van der Waals surface area contributed by atoms with Crippen LogP contribution in [0.2, 0.25) is 5.02 Å². The first-order valence-electron chi connectivity index (χ1n) is 10.3. The van der Waals surface area contributed by atoms with E-state index in [4.69, 9.17) is 11.6 Å². The highest BCUT2D eigenvalue weighted by Crippen LogP contribution is 2.34. The molecule has 0 saturated carbocycles. The van der Waals surface area contributed by atoms with Gasteiger partial charge in [-0.1, -0.05) is 66.2 Å². The molecule has 0 unspecified atom stereocenters. The molecule has 5 rings (SSSR count). The summed E-state index contributed by atoms with van der Waals surface area (Å²) in [5.74, 6) is 0. The smallest absolute Gasteiger partial charge is 0.244 e. The van der Waals surface area contributed by atoms with Crippen molar-refractivity contribution in [3.63, 3.8) is 0 Å². The van der Waals surface area contributed by atoms with E-state index in [1.54, 1.807) is 18.3 Å². The minimum Gasteiger partial charge on any atom is -0.244 e. The van der Waals surface area contributed by atoms with E-state index in [0.717, 1.165) is 28.8 Å². The second-order valence-electron chi connectivity index (χ2n) is 7.68. The van der Waals surface area contributed by atoms with Crippen molar-refractivity contribution in [3.8, 4) is 22.3 Å². The number of fused-ring (bicyclic) bond motifs is 1. The molecule has 0 bridgehead atoms. The van der Waals surface area contributed by atoms with Crippen LogP contribution in [0.3, 0.4) is 0 Å². The number of benzene rings is 3. The van der Waals surface area contributed by atoms with E-state index >= 15 is 0 Å². The first-order chi connectivity index (χ1) is 16.3. The Morgan fingerprint density at radius 3 is 2.18 bits per heavy atom. The minimum atomic E-state index is -4.43. The molecule has 170 valence electrons. The van der Waals surface area contributed by atoms with Gasteiger partial charge in [-0.2, -0.15) is 22.8 Å². The van der Waals surface area contributed by atoms with E-state index in [1.165, 1.54) is 21.3 Å². The summed E-state index contributed by atoms with van der Waals surface area (Å²) in [6.45, 7) is 0.00105. The molecule has 0 saturated heterocycles. The summed E-state index contributed by atoms with van der Waals surface area (Å²) in [6.07, 6.45) is -2.82. The second kappa shape index (κ2) is 8.46. The van der Waals surface area contributed by atoms with Crippen molar-refractivity contribution in [2.45, 2.75) is 12.7 Å². The quantitative estimate of drug-likeness (QED) is 0.319. The van der Waals surface area contributed by atoms with E-state index in [1.807, 2.05) is 42.5 Å². The zero-order valence-corrected chi connectivity index (χ0v) is 18.3. The van der Waals surface area contributed by atoms with E-state index < -0.39 is 17.4 Å². The van der Waals surface area contributed by atoms with Crippen LogP contribution in [0.4, 0.5) is 13.2 Å². The standard InChI is InChI=1S/C25H16ClF3N4O/c26-20-12-8-18(9-13-20)22-21(17-4-2-1-3-5-17)14-30-33-23(22)31-32(24(33)34)15-16-6-10-19(11-7-16)25(27,28)29/h1-14H,15H2. The number of aromatic nitrogens is 4. The third-order valence-corrected chi connectivity index (χ3v) is 5.70. The van der Waals surface area contributed by atoms with Crippen LogP contribution < -0.4 is 5.69 Å². The molecule has 0 aliphatic heterocycles. The molecule has 2 heterocycles. The van der Waals surface area contributed by atoms with Gasteiger partial charge >= 0.3 is 11.9 Å². The lowest BCUT2D eigenvalue weighted by Crippen LogP contribution is -2.23. The summed E-state index contributed by atoms with van der Waals surface area (Å²) in [5.41, 5.74) is 2.76. The first kappa shape index (κ1) is 21.9. The van der Waals surface area contributed by atoms with Gasteiger partial charge in [0.15, 0.2) is 5.65 Å². The highest BCUT2D eigenvalue weighted by Gasteiger charge is 2.30. The van der Waals surface area contributed by atoms with Gasteiger partial charge in [0.1, 0.15) is 0 Å². The molecule has 0 aliphatic carbocycles. The Balaban J connectivity index is 1.65. The fourth-order valence-corrected chi connectivity index (χ4v) is 3.90. The lowest BCUT2D eigenvalue weighted by molar-refractivity contribution is -0.137. The van der Waals surface area contributed by atoms with Crippen molar-refractivity contribution in [1.29, 1.82) is 0 Å². The average molecular weight is 481 g/mol. The molecular formula is C25H16ClF3N4O. The number of hydrogen-bond acceptors (Lipinski definition) is 3. The third-order valence-electron chi connectivity index (χ3n) is 5.44. The van der Waals surface area contributed by atoms with Crippen molar-refractivity contribution in [2.75, 3.05) is 0 Å². The monoisotopic (exact) mass is 480 g/mol. The average Bonchev–Trinajstić information content (AvgIpc) is 3.14. The molecule has 0 amide bonds. The molecule has 5 nitrogen and oxygen atoms in total. The topological polar surface area (TPSA) is 52.2 Å². The van der Waals surface area contributed by atoms with Crippen molar-refractivity contribution in [2.24, 2.45) is 0 Å². The molecule has 0 atom stereocenters. The van der Waals surface area contributed by atoms with Crippen LogP contribution in [0.5, 0.6) is 0 Å². The number of nitrogens with zero attached hydrogens (tertiary/aromatic N) is 4. The summed E-state index contributed by atoms with van der Waals surface area (Å²) < 4.78 is 41.0. The van der Waals surface area contributed by atoms with Gasteiger partial charge in [-0.05, 0) is 41.0 Å². The molecule has 9 heteroatoms. The molecule has 3 aromatic carbocycles. The normalized spacial score (nSPS) is 11.8. The van der Waals surface area contributed by atoms with Gasteiger partial charge in [0, 0.05) is 16.1 Å². The van der Waals surface area contributed by atoms with Crippen LogP contribution in [-0.4, -0.2) is 19.4 Å². The summed E-state index contributed by atoms with van der Waals surface area (Å²) in [4.78, 5) is 13.0. The van der Waals surface area contributed by atoms with Crippen molar-refractivity contribution < 1.29 is 13.2 Å². The Labute approximate surface area is 196 Å². The van der Waals surface area contributed by atoms with Crippen molar-refractivity contribution >= 4 is 17.2 Å². The van der Waals surface area contributed by atoms with Gasteiger partial charge in [-0.3, -0.25) is 0 Å². The molecule has 0 fully saturated rings. The number of hydrogen-bond donors (Lipinski definition) is 0. The van der Waals surface area contributed by atoms with Crippen LogP contribution in [-0.2, 0) is 12.7 Å². The van der Waals surface area contributed by atoms with Crippen molar-refractivity contribution in [3.05, 3.63) is 112 Å². The Hall–Kier alpha value is -3.91. The lowest BCUT2D eigenvalue weighted by Gasteiger charge is -2.10. The van der Waals surface area contributed by atoms with Gasteiger partial charge < -0.3 is 0 Å². The lowest BCUT2D eigenvalue weighted by atomic mass is 9.97. The van der Waals surface area contributed by atoms with Gasteiger partial charge in [0.2, 0.25) is 0 Å². The largest absolute Gasteiger partial charge is 0.416 e. The zero-order valence-electron chi connectivity index (χ0n) is 17.5. The van der Waals surface area contributed by atoms with E-state index in [-0.39, 0.29) is 6.54 Å². The van der Waals surface area contributed by atoms with Gasteiger partial charge in [0.05, 0.1) is 18.3 Å². The highest BCUT2D eigenvalue weighted by atomic mass is 35.5. The Morgan fingerprint density at radius 1 is 0.853 bits per heavy atom. The highest BCUT2D eigenvalue weighted by molar-refractivity contribution is 6.30. The van der Waals surface area contributed by atoms with Gasteiger partial charge in [0.25, 0.3) is 0 Å². The number of alkyl halides is 3. The van der Waals surface area contributed by atoms with Crippen LogP contribution in [0, 0.1) is 0 Å². The molecule has 0 N–H and O–H groups in total. The first-order valence-corrected chi connectivity index (χ1v) is 10.7. The minimum absolute atomic E-state index is 0.00105. The fraction of sp³-hybridized carbons (Fsp3) is 0.0800. The number of halogens is 4. The maximum atomic E-state index is 13.0. The zero-order chi connectivity index (χ0) is 23.9. The predicted molar refractivity (Wildman–Crippen MR) is 124 cm³/mol. The van der Waals surface area contributed by atoms with Gasteiger partial charge in [-0.15, -0.1) is 5.10 Å². The summed E-state index contributed by atoms with van der Waals surface area (Å²) in [7, 11) is 0. The summed E-state index contributed by atoms with van der Waals surface area (Å²) in [6, 6.07) is 21.4.